The molecule has 0 unspecified atom stereocenters. The number of aromatic hydroxyl groups is 2. The number of rotatable bonds is 4. The molecule has 1 atom stereocenters. The summed E-state index contributed by atoms with van der Waals surface area (Å²) in [5, 5.41) is 19.7. The van der Waals surface area contributed by atoms with Crippen LogP contribution in [0.2, 0.25) is 0 Å². The standard InChI is InChI=1S/C23H22O7/c1-23(2)20(29-22(27)7-4-13-3-6-16(24)17(25)9-13)11-15-10-14-5-8-21(26)28-18(14)12-19(15)30-23/h3,5-6,8-10,12,20,24-25H,4,7,11H2,1-2H3/t20-/m0/s1. The maximum absolute atomic E-state index is 12.4. The number of ether oxygens (including phenoxy) is 2. The molecule has 1 aliphatic heterocycles. The van der Waals surface area contributed by atoms with E-state index in [0.717, 1.165) is 16.5 Å². The first-order valence-corrected chi connectivity index (χ1v) is 9.67. The van der Waals surface area contributed by atoms with Gasteiger partial charge in [-0.2, -0.15) is 0 Å². The molecule has 0 fully saturated rings. The van der Waals surface area contributed by atoms with Gasteiger partial charge in [0.1, 0.15) is 23.0 Å². The number of carbonyl (C=O) groups excluding carboxylic acids is 1. The molecular formula is C23H22O7. The summed E-state index contributed by atoms with van der Waals surface area (Å²) in [5.41, 5.74) is 0.856. The van der Waals surface area contributed by atoms with E-state index >= 15 is 0 Å². The van der Waals surface area contributed by atoms with Crippen molar-refractivity contribution in [3.05, 3.63) is 64.0 Å². The van der Waals surface area contributed by atoms with Crippen molar-refractivity contribution in [3.63, 3.8) is 0 Å². The van der Waals surface area contributed by atoms with Crippen LogP contribution in [0.1, 0.15) is 31.4 Å². The molecule has 7 heteroatoms. The van der Waals surface area contributed by atoms with Gasteiger partial charge in [0.05, 0.1) is 0 Å². The van der Waals surface area contributed by atoms with Gasteiger partial charge >= 0.3 is 11.6 Å². The predicted octanol–water partition coefficient (Wildman–Crippen LogP) is 3.46. The number of benzene rings is 2. The Labute approximate surface area is 172 Å². The zero-order valence-corrected chi connectivity index (χ0v) is 16.7. The number of phenolic OH excluding ortho intramolecular Hbond substituents is 2. The second-order valence-corrected chi connectivity index (χ2v) is 7.96. The first-order chi connectivity index (χ1) is 14.2. The zero-order chi connectivity index (χ0) is 21.5. The van der Waals surface area contributed by atoms with Crippen LogP contribution in [0.4, 0.5) is 0 Å². The molecular weight excluding hydrogens is 388 g/mol. The third-order valence-corrected chi connectivity index (χ3v) is 5.29. The minimum absolute atomic E-state index is 0.131. The van der Waals surface area contributed by atoms with Crippen molar-refractivity contribution in [1.82, 2.24) is 0 Å². The first-order valence-electron chi connectivity index (χ1n) is 9.67. The topological polar surface area (TPSA) is 106 Å². The molecule has 0 saturated carbocycles. The number of esters is 1. The average molecular weight is 410 g/mol. The van der Waals surface area contributed by atoms with Gasteiger partial charge in [0.25, 0.3) is 0 Å². The van der Waals surface area contributed by atoms with Gasteiger partial charge in [0.2, 0.25) is 0 Å². The summed E-state index contributed by atoms with van der Waals surface area (Å²) in [6, 6.07) is 11.1. The Morgan fingerprint density at radius 3 is 2.70 bits per heavy atom. The molecule has 0 saturated heterocycles. The summed E-state index contributed by atoms with van der Waals surface area (Å²) >= 11 is 0. The van der Waals surface area contributed by atoms with Crippen LogP contribution in [-0.4, -0.2) is 27.9 Å². The van der Waals surface area contributed by atoms with E-state index in [1.54, 1.807) is 18.2 Å². The Kier molecular flexibility index (Phi) is 4.89. The quantitative estimate of drug-likeness (QED) is 0.385. The van der Waals surface area contributed by atoms with Gasteiger partial charge in [-0.05, 0) is 55.7 Å². The minimum Gasteiger partial charge on any atom is -0.504 e. The van der Waals surface area contributed by atoms with E-state index in [0.29, 0.717) is 24.2 Å². The molecule has 0 amide bonds. The Morgan fingerprint density at radius 1 is 1.13 bits per heavy atom. The zero-order valence-electron chi connectivity index (χ0n) is 16.7. The molecule has 0 spiro atoms. The monoisotopic (exact) mass is 410 g/mol. The van der Waals surface area contributed by atoms with Gasteiger partial charge in [-0.25, -0.2) is 4.79 Å². The summed E-state index contributed by atoms with van der Waals surface area (Å²) in [6.45, 7) is 3.69. The van der Waals surface area contributed by atoms with E-state index in [-0.39, 0.29) is 23.9 Å². The fourth-order valence-electron chi connectivity index (χ4n) is 3.57. The smallest absolute Gasteiger partial charge is 0.336 e. The second-order valence-electron chi connectivity index (χ2n) is 7.96. The van der Waals surface area contributed by atoms with E-state index < -0.39 is 17.3 Å². The van der Waals surface area contributed by atoms with Gasteiger partial charge in [0.15, 0.2) is 11.5 Å². The van der Waals surface area contributed by atoms with E-state index in [4.69, 9.17) is 13.9 Å². The van der Waals surface area contributed by atoms with Crippen LogP contribution in [0.5, 0.6) is 17.2 Å². The summed E-state index contributed by atoms with van der Waals surface area (Å²) in [7, 11) is 0. The molecule has 0 radical (unpaired) electrons. The van der Waals surface area contributed by atoms with Gasteiger partial charge in [-0.3, -0.25) is 4.79 Å². The summed E-state index contributed by atoms with van der Waals surface area (Å²) < 4.78 is 17.0. The van der Waals surface area contributed by atoms with Gasteiger partial charge in [0, 0.05) is 30.4 Å². The van der Waals surface area contributed by atoms with Crippen LogP contribution in [0.3, 0.4) is 0 Å². The van der Waals surface area contributed by atoms with E-state index in [1.165, 1.54) is 18.2 Å². The van der Waals surface area contributed by atoms with Crippen molar-refractivity contribution >= 4 is 16.9 Å². The normalized spacial score (nSPS) is 17.2. The number of hydrogen-bond donors (Lipinski definition) is 2. The summed E-state index contributed by atoms with van der Waals surface area (Å²) in [6.07, 6.45) is 0.496. The van der Waals surface area contributed by atoms with E-state index in [2.05, 4.69) is 0 Å². The second kappa shape index (κ2) is 7.40. The number of aryl methyl sites for hydroxylation is 1. The van der Waals surface area contributed by atoms with Crippen LogP contribution in [0.25, 0.3) is 11.0 Å². The predicted molar refractivity (Wildman–Crippen MR) is 109 cm³/mol. The van der Waals surface area contributed by atoms with Gasteiger partial charge < -0.3 is 24.1 Å². The van der Waals surface area contributed by atoms with Crippen molar-refractivity contribution in [3.8, 4) is 17.2 Å². The Hall–Kier alpha value is -3.48. The largest absolute Gasteiger partial charge is 0.504 e. The van der Waals surface area contributed by atoms with E-state index in [9.17, 15) is 19.8 Å². The number of fused-ring (bicyclic) bond motifs is 2. The lowest BCUT2D eigenvalue weighted by Crippen LogP contribution is -2.48. The molecule has 7 nitrogen and oxygen atoms in total. The number of hydrogen-bond acceptors (Lipinski definition) is 7. The number of phenols is 2. The molecule has 30 heavy (non-hydrogen) atoms. The van der Waals surface area contributed by atoms with Crippen LogP contribution < -0.4 is 10.4 Å². The van der Waals surface area contributed by atoms with E-state index in [1.807, 2.05) is 19.9 Å². The summed E-state index contributed by atoms with van der Waals surface area (Å²) in [5.74, 6) is -0.191. The van der Waals surface area contributed by atoms with Crippen LogP contribution in [0.15, 0.2) is 51.7 Å². The molecule has 0 aliphatic carbocycles. The molecule has 1 aromatic heterocycles. The van der Waals surface area contributed by atoms with Crippen LogP contribution in [-0.2, 0) is 22.4 Å². The van der Waals surface area contributed by atoms with Crippen molar-refractivity contribution in [2.24, 2.45) is 0 Å². The summed E-state index contributed by atoms with van der Waals surface area (Å²) in [4.78, 5) is 23.9. The fourth-order valence-corrected chi connectivity index (χ4v) is 3.57. The molecule has 1 aliphatic rings. The molecule has 156 valence electrons. The molecule has 0 bridgehead atoms. The Bertz CT molecular complexity index is 1180. The van der Waals surface area contributed by atoms with Crippen LogP contribution in [0, 0.1) is 0 Å². The Balaban J connectivity index is 1.47. The average Bonchev–Trinajstić information content (AvgIpc) is 2.68. The highest BCUT2D eigenvalue weighted by molar-refractivity contribution is 5.79. The lowest BCUT2D eigenvalue weighted by Gasteiger charge is -2.39. The molecule has 3 aromatic rings. The maximum Gasteiger partial charge on any atom is 0.336 e. The SMILES string of the molecule is CC1(C)Oc2cc3oc(=O)ccc3cc2C[C@@H]1OC(=O)CCc1ccc(O)c(O)c1. The first kappa shape index (κ1) is 19.8. The molecule has 4 rings (SSSR count). The van der Waals surface area contributed by atoms with Crippen molar-refractivity contribution < 1.29 is 28.9 Å². The van der Waals surface area contributed by atoms with Crippen LogP contribution >= 0.6 is 0 Å². The number of carbonyl (C=O) groups is 1. The van der Waals surface area contributed by atoms with Crippen molar-refractivity contribution in [2.75, 3.05) is 0 Å². The molecule has 2 N–H and O–H groups in total. The maximum atomic E-state index is 12.4. The van der Waals surface area contributed by atoms with Gasteiger partial charge in [-0.15, -0.1) is 0 Å². The van der Waals surface area contributed by atoms with Gasteiger partial charge in [-0.1, -0.05) is 6.07 Å². The highest BCUT2D eigenvalue weighted by Crippen LogP contribution is 2.37. The van der Waals surface area contributed by atoms with Crippen molar-refractivity contribution in [2.45, 2.75) is 44.8 Å². The lowest BCUT2D eigenvalue weighted by atomic mass is 9.90. The minimum atomic E-state index is -0.762. The fraction of sp³-hybridized carbons (Fsp3) is 0.304. The highest BCUT2D eigenvalue weighted by atomic mass is 16.6. The molecule has 2 aromatic carbocycles. The third kappa shape index (κ3) is 3.96. The van der Waals surface area contributed by atoms with Crippen molar-refractivity contribution in [1.29, 1.82) is 0 Å². The highest BCUT2D eigenvalue weighted by Gasteiger charge is 2.40. The third-order valence-electron chi connectivity index (χ3n) is 5.29. The molecule has 2 heterocycles. The lowest BCUT2D eigenvalue weighted by molar-refractivity contribution is -0.161. The Morgan fingerprint density at radius 2 is 1.93 bits per heavy atom.